The maximum Gasteiger partial charge on any atom is 0.181 e. The van der Waals surface area contributed by atoms with E-state index in [4.69, 9.17) is 4.42 Å². The van der Waals surface area contributed by atoms with E-state index in [1.807, 2.05) is 49.4 Å². The predicted octanol–water partition coefficient (Wildman–Crippen LogP) is 4.14. The maximum absolute atomic E-state index is 5.82. The van der Waals surface area contributed by atoms with Crippen molar-refractivity contribution in [2.45, 2.75) is 13.5 Å². The van der Waals surface area contributed by atoms with Crippen molar-refractivity contribution in [3.63, 3.8) is 0 Å². The van der Waals surface area contributed by atoms with Crippen LogP contribution in [-0.4, -0.2) is 15.2 Å². The smallest absolute Gasteiger partial charge is 0.181 e. The minimum absolute atomic E-state index is 0.630. The van der Waals surface area contributed by atoms with E-state index in [1.165, 1.54) is 0 Å². The molecule has 0 atom stereocenters. The molecule has 0 aliphatic heterocycles. The third kappa shape index (κ3) is 2.81. The maximum atomic E-state index is 5.82. The first-order valence-electron chi connectivity index (χ1n) is 7.49. The Bertz CT molecular complexity index is 921. The highest BCUT2D eigenvalue weighted by atomic mass is 16.3. The third-order valence-corrected chi connectivity index (χ3v) is 3.66. The molecular weight excluding hydrogens is 288 g/mol. The summed E-state index contributed by atoms with van der Waals surface area (Å²) in [5.41, 5.74) is 2.89. The van der Waals surface area contributed by atoms with Gasteiger partial charge in [0, 0.05) is 16.6 Å². The van der Waals surface area contributed by atoms with Crippen molar-refractivity contribution < 1.29 is 4.42 Å². The Hall–Kier alpha value is -3.08. The first kappa shape index (κ1) is 13.6. The van der Waals surface area contributed by atoms with Gasteiger partial charge in [0.15, 0.2) is 5.82 Å². The molecule has 2 aromatic carbocycles. The molecule has 0 saturated heterocycles. The van der Waals surface area contributed by atoms with Crippen LogP contribution in [0.2, 0.25) is 0 Å². The van der Waals surface area contributed by atoms with Crippen LogP contribution in [0.1, 0.15) is 11.6 Å². The first-order chi connectivity index (χ1) is 11.3. The van der Waals surface area contributed by atoms with Crippen LogP contribution >= 0.6 is 0 Å². The SMILES string of the molecule is Cc1nc(-c2cccc(NCc3cc4ccccc4o3)c2)n[nH]1. The zero-order valence-electron chi connectivity index (χ0n) is 12.7. The van der Waals surface area contributed by atoms with Gasteiger partial charge in [-0.05, 0) is 31.2 Å². The fraction of sp³-hybridized carbons (Fsp3) is 0.111. The van der Waals surface area contributed by atoms with E-state index in [-0.39, 0.29) is 0 Å². The molecule has 0 amide bonds. The summed E-state index contributed by atoms with van der Waals surface area (Å²) in [6.45, 7) is 2.52. The van der Waals surface area contributed by atoms with Crippen molar-refractivity contribution in [1.29, 1.82) is 0 Å². The third-order valence-electron chi connectivity index (χ3n) is 3.66. The lowest BCUT2D eigenvalue weighted by atomic mass is 10.2. The fourth-order valence-corrected chi connectivity index (χ4v) is 2.55. The molecule has 0 radical (unpaired) electrons. The van der Waals surface area contributed by atoms with E-state index in [2.05, 4.69) is 32.6 Å². The molecule has 5 nitrogen and oxygen atoms in total. The number of rotatable bonds is 4. The van der Waals surface area contributed by atoms with Gasteiger partial charge < -0.3 is 9.73 Å². The minimum atomic E-state index is 0.630. The summed E-state index contributed by atoms with van der Waals surface area (Å²) >= 11 is 0. The number of nitrogens with zero attached hydrogens (tertiary/aromatic N) is 2. The predicted molar refractivity (Wildman–Crippen MR) is 90.1 cm³/mol. The molecule has 0 spiro atoms. The van der Waals surface area contributed by atoms with Gasteiger partial charge in [0.1, 0.15) is 17.2 Å². The summed E-state index contributed by atoms with van der Waals surface area (Å²) in [6, 6.07) is 18.1. The van der Waals surface area contributed by atoms with Gasteiger partial charge in [0.25, 0.3) is 0 Å². The highest BCUT2D eigenvalue weighted by Gasteiger charge is 2.06. The number of para-hydroxylation sites is 1. The standard InChI is InChI=1S/C18H16N4O/c1-12-20-18(22-21-12)14-6-4-7-15(9-14)19-11-16-10-13-5-2-3-8-17(13)23-16/h2-10,19H,11H2,1H3,(H,20,21,22). The number of benzene rings is 2. The number of aromatic amines is 1. The molecule has 0 aliphatic rings. The topological polar surface area (TPSA) is 66.7 Å². The number of fused-ring (bicyclic) bond motifs is 1. The summed E-state index contributed by atoms with van der Waals surface area (Å²) < 4.78 is 5.82. The van der Waals surface area contributed by atoms with Crippen molar-refractivity contribution in [3.05, 3.63) is 66.2 Å². The van der Waals surface area contributed by atoms with Crippen molar-refractivity contribution >= 4 is 16.7 Å². The number of anilines is 1. The van der Waals surface area contributed by atoms with Crippen LogP contribution in [0.15, 0.2) is 59.0 Å². The van der Waals surface area contributed by atoms with Crippen LogP contribution in [0.3, 0.4) is 0 Å². The molecule has 2 heterocycles. The van der Waals surface area contributed by atoms with Crippen molar-refractivity contribution in [2.75, 3.05) is 5.32 Å². The zero-order valence-corrected chi connectivity index (χ0v) is 12.7. The molecule has 0 aliphatic carbocycles. The number of nitrogens with one attached hydrogen (secondary N) is 2. The largest absolute Gasteiger partial charge is 0.459 e. The Morgan fingerprint density at radius 3 is 2.83 bits per heavy atom. The Kier molecular flexibility index (Phi) is 3.31. The first-order valence-corrected chi connectivity index (χ1v) is 7.49. The van der Waals surface area contributed by atoms with Crippen molar-refractivity contribution in [1.82, 2.24) is 15.2 Å². The molecule has 5 heteroatoms. The van der Waals surface area contributed by atoms with Crippen LogP contribution in [0.25, 0.3) is 22.4 Å². The van der Waals surface area contributed by atoms with E-state index in [9.17, 15) is 0 Å². The van der Waals surface area contributed by atoms with E-state index >= 15 is 0 Å². The van der Waals surface area contributed by atoms with E-state index < -0.39 is 0 Å². The summed E-state index contributed by atoms with van der Waals surface area (Å²) in [4.78, 5) is 4.36. The molecule has 23 heavy (non-hydrogen) atoms. The van der Waals surface area contributed by atoms with Gasteiger partial charge in [-0.1, -0.05) is 30.3 Å². The molecule has 4 aromatic rings. The van der Waals surface area contributed by atoms with Crippen molar-refractivity contribution in [3.8, 4) is 11.4 Å². The number of furan rings is 1. The highest BCUT2D eigenvalue weighted by molar-refractivity contribution is 5.77. The quantitative estimate of drug-likeness (QED) is 0.594. The lowest BCUT2D eigenvalue weighted by Crippen LogP contribution is -1.98. The van der Waals surface area contributed by atoms with Gasteiger partial charge in [-0.2, -0.15) is 5.10 Å². The van der Waals surface area contributed by atoms with Crippen molar-refractivity contribution in [2.24, 2.45) is 0 Å². The minimum Gasteiger partial charge on any atom is -0.459 e. The second kappa shape index (κ2) is 5.61. The summed E-state index contributed by atoms with van der Waals surface area (Å²) in [7, 11) is 0. The lowest BCUT2D eigenvalue weighted by molar-refractivity contribution is 0.559. The average molecular weight is 304 g/mol. The van der Waals surface area contributed by atoms with Crippen LogP contribution in [0, 0.1) is 6.92 Å². The molecule has 2 aromatic heterocycles. The Labute approximate surface area is 133 Å². The molecule has 0 unspecified atom stereocenters. The van der Waals surface area contributed by atoms with Gasteiger partial charge in [-0.25, -0.2) is 4.98 Å². The summed E-state index contributed by atoms with van der Waals surface area (Å²) in [6.07, 6.45) is 0. The summed E-state index contributed by atoms with van der Waals surface area (Å²) in [5, 5.41) is 11.6. The zero-order chi connectivity index (χ0) is 15.6. The van der Waals surface area contributed by atoms with Gasteiger partial charge >= 0.3 is 0 Å². The van der Waals surface area contributed by atoms with Gasteiger partial charge in [0.05, 0.1) is 6.54 Å². The fourth-order valence-electron chi connectivity index (χ4n) is 2.55. The number of H-pyrrole nitrogens is 1. The molecule has 4 rings (SSSR count). The molecule has 0 saturated carbocycles. The van der Waals surface area contributed by atoms with Crippen LogP contribution in [0.4, 0.5) is 5.69 Å². The molecule has 2 N–H and O–H groups in total. The number of aromatic nitrogens is 3. The van der Waals surface area contributed by atoms with Gasteiger partial charge in [-0.3, -0.25) is 5.10 Å². The Morgan fingerprint density at radius 1 is 1.09 bits per heavy atom. The van der Waals surface area contributed by atoms with Crippen LogP contribution in [0.5, 0.6) is 0 Å². The Balaban J connectivity index is 1.52. The van der Waals surface area contributed by atoms with Gasteiger partial charge in [0.2, 0.25) is 0 Å². The number of aryl methyl sites for hydroxylation is 1. The summed E-state index contributed by atoms with van der Waals surface area (Å²) in [5.74, 6) is 2.42. The van der Waals surface area contributed by atoms with Gasteiger partial charge in [-0.15, -0.1) is 0 Å². The van der Waals surface area contributed by atoms with Crippen LogP contribution in [-0.2, 0) is 6.54 Å². The van der Waals surface area contributed by atoms with Crippen LogP contribution < -0.4 is 5.32 Å². The molecule has 114 valence electrons. The van der Waals surface area contributed by atoms with E-state index in [0.29, 0.717) is 12.4 Å². The van der Waals surface area contributed by atoms with E-state index in [1.54, 1.807) is 0 Å². The molecular formula is C18H16N4O. The average Bonchev–Trinajstić information content (AvgIpc) is 3.19. The van der Waals surface area contributed by atoms with E-state index in [0.717, 1.165) is 33.8 Å². The number of hydrogen-bond donors (Lipinski definition) is 2. The second-order valence-electron chi connectivity index (χ2n) is 5.43. The number of hydrogen-bond acceptors (Lipinski definition) is 4. The molecule has 0 fully saturated rings. The monoisotopic (exact) mass is 304 g/mol. The molecule has 0 bridgehead atoms. The lowest BCUT2D eigenvalue weighted by Gasteiger charge is -2.05. The normalized spacial score (nSPS) is 11.0. The second-order valence-corrected chi connectivity index (χ2v) is 5.43. The Morgan fingerprint density at radius 2 is 2.00 bits per heavy atom. The highest BCUT2D eigenvalue weighted by Crippen LogP contribution is 2.22.